The summed E-state index contributed by atoms with van der Waals surface area (Å²) in [6.45, 7) is 0.788. The Morgan fingerprint density at radius 3 is 2.52 bits per heavy atom. The fraction of sp³-hybridized carbons (Fsp3) is 0.310. The first-order valence-corrected chi connectivity index (χ1v) is 19.0. The Hall–Kier alpha value is -5.60. The number of fused-ring (bicyclic) bond motifs is 1. The molecule has 4 aromatic carbocycles. The molecular formula is C42H47ClN6O7. The summed E-state index contributed by atoms with van der Waals surface area (Å²) in [7, 11) is 1.51. The highest BCUT2D eigenvalue weighted by Crippen LogP contribution is 2.37. The van der Waals surface area contributed by atoms with Crippen LogP contribution in [0, 0.1) is 0 Å². The number of methoxy groups -OCH3 is 1. The molecule has 1 fully saturated rings. The number of aromatic amines is 1. The molecule has 1 aliphatic rings. The van der Waals surface area contributed by atoms with Crippen molar-refractivity contribution in [3.8, 4) is 22.6 Å². The van der Waals surface area contributed by atoms with E-state index in [1.807, 2.05) is 48.5 Å². The van der Waals surface area contributed by atoms with Crippen molar-refractivity contribution in [3.63, 3.8) is 0 Å². The Bertz CT molecular complexity index is 2230. The molecule has 56 heavy (non-hydrogen) atoms. The lowest BCUT2D eigenvalue weighted by Gasteiger charge is -2.35. The molecule has 294 valence electrons. The maximum Gasteiger partial charge on any atom is 0.412 e. The number of nitrogens with one attached hydrogen (secondary N) is 4. The number of rotatable bonds is 14. The number of nitrogens with two attached hydrogens (primary N) is 1. The summed E-state index contributed by atoms with van der Waals surface area (Å²) in [5, 5.41) is 41.2. The predicted molar refractivity (Wildman–Crippen MR) is 219 cm³/mol. The molecule has 3 amide bonds. The fourth-order valence-corrected chi connectivity index (χ4v) is 7.53. The third kappa shape index (κ3) is 9.61. The van der Waals surface area contributed by atoms with Crippen LogP contribution in [0.5, 0.6) is 11.5 Å². The van der Waals surface area contributed by atoms with Gasteiger partial charge in [0.1, 0.15) is 11.5 Å². The molecule has 1 heterocycles. The Labute approximate surface area is 329 Å². The highest BCUT2D eigenvalue weighted by atomic mass is 35.5. The Morgan fingerprint density at radius 1 is 1.02 bits per heavy atom. The van der Waals surface area contributed by atoms with Crippen LogP contribution in [0.1, 0.15) is 54.9 Å². The molecule has 1 aromatic heterocycles. The first kappa shape index (κ1) is 40.1. The van der Waals surface area contributed by atoms with Crippen molar-refractivity contribution >= 4 is 46.0 Å². The fourth-order valence-electron chi connectivity index (χ4n) is 7.29. The smallest absolute Gasteiger partial charge is 0.412 e. The van der Waals surface area contributed by atoms with Crippen molar-refractivity contribution in [2.45, 2.75) is 63.3 Å². The van der Waals surface area contributed by atoms with E-state index in [1.54, 1.807) is 24.3 Å². The quantitative estimate of drug-likeness (QED) is 0.0552. The van der Waals surface area contributed by atoms with Crippen LogP contribution < -0.4 is 36.9 Å². The van der Waals surface area contributed by atoms with E-state index in [4.69, 9.17) is 22.1 Å². The maximum atomic E-state index is 12.9. The van der Waals surface area contributed by atoms with Crippen LogP contribution in [0.15, 0.2) is 89.7 Å². The number of H-pyrrole nitrogens is 1. The lowest BCUT2D eigenvalue weighted by atomic mass is 9.89. The number of anilines is 2. The Morgan fingerprint density at radius 2 is 1.79 bits per heavy atom. The molecule has 0 spiro atoms. The molecule has 1 saturated carbocycles. The number of halogens is 1. The number of aromatic hydroxyl groups is 1. The summed E-state index contributed by atoms with van der Waals surface area (Å²) in [5.41, 5.74) is 11.0. The standard InChI is InChI=1S/C42H47ClN6O7/c1-56-38-22-34(33(43)21-27(38)23-45-24-37(51)31-15-17-36(50)40-32(31)16-18-39(52)48-40)47-41(53)46-19-5-6-25-9-14-30(26-7-3-2-4-8-26)35(20-25)49(42(54)55)29-12-10-28(44)11-13-29/h2-4,7-9,14-18,20-22,28-29,37,45,50-51H,5-6,10-13,19,23-24,44H2,1H3,(H,48,52)(H,54,55)(H2,46,47,53)/t28?,29?,37-/m0/s1. The number of hydrogen-bond acceptors (Lipinski definition) is 8. The number of pyridine rings is 1. The number of phenols is 1. The molecule has 0 bridgehead atoms. The van der Waals surface area contributed by atoms with Crippen molar-refractivity contribution in [1.29, 1.82) is 0 Å². The molecule has 0 radical (unpaired) electrons. The van der Waals surface area contributed by atoms with E-state index in [2.05, 4.69) is 20.9 Å². The summed E-state index contributed by atoms with van der Waals surface area (Å²) in [6.07, 6.45) is 2.24. The van der Waals surface area contributed by atoms with Gasteiger partial charge >= 0.3 is 12.1 Å². The van der Waals surface area contributed by atoms with Crippen LogP contribution in [0.2, 0.25) is 5.02 Å². The van der Waals surface area contributed by atoms with Crippen molar-refractivity contribution < 1.29 is 29.6 Å². The first-order valence-electron chi connectivity index (χ1n) is 18.6. The first-order chi connectivity index (χ1) is 27.0. The Kier molecular flexibility index (Phi) is 13.1. The number of amides is 3. The van der Waals surface area contributed by atoms with Gasteiger partial charge in [-0.3, -0.25) is 9.69 Å². The molecular weight excluding hydrogens is 736 g/mol. The van der Waals surface area contributed by atoms with Gasteiger partial charge in [-0.1, -0.05) is 60.1 Å². The third-order valence-electron chi connectivity index (χ3n) is 10.2. The number of carboxylic acid groups (broad SMARTS) is 1. The SMILES string of the molecule is COc1cc(NC(=O)NCCCc2ccc(-c3ccccc3)c(N(C(=O)O)C3CCC(N)CC3)c2)c(Cl)cc1CNC[C@H](O)c1ccc(O)c2[nH]c(=O)ccc12. The molecule has 9 N–H and O–H groups in total. The van der Waals surface area contributed by atoms with Gasteiger partial charge in [-0.25, -0.2) is 9.59 Å². The lowest BCUT2D eigenvalue weighted by Crippen LogP contribution is -2.44. The lowest BCUT2D eigenvalue weighted by molar-refractivity contribution is 0.175. The molecule has 0 aliphatic heterocycles. The molecule has 0 saturated heterocycles. The van der Waals surface area contributed by atoms with Gasteiger partial charge in [0.05, 0.1) is 35.1 Å². The highest BCUT2D eigenvalue weighted by Gasteiger charge is 2.31. The monoisotopic (exact) mass is 782 g/mol. The summed E-state index contributed by atoms with van der Waals surface area (Å²) < 4.78 is 5.58. The van der Waals surface area contributed by atoms with Gasteiger partial charge < -0.3 is 46.7 Å². The van der Waals surface area contributed by atoms with Crippen LogP contribution in [-0.2, 0) is 13.0 Å². The minimum Gasteiger partial charge on any atom is -0.506 e. The van der Waals surface area contributed by atoms with Crippen molar-refractivity contribution in [2.24, 2.45) is 5.73 Å². The van der Waals surface area contributed by atoms with E-state index in [0.717, 1.165) is 29.5 Å². The van der Waals surface area contributed by atoms with Gasteiger partial charge in [-0.2, -0.15) is 0 Å². The topological polar surface area (TPSA) is 202 Å². The highest BCUT2D eigenvalue weighted by molar-refractivity contribution is 6.33. The van der Waals surface area contributed by atoms with Crippen LogP contribution in [0.3, 0.4) is 0 Å². The zero-order valence-electron chi connectivity index (χ0n) is 31.1. The maximum absolute atomic E-state index is 12.9. The van der Waals surface area contributed by atoms with E-state index in [9.17, 15) is 29.7 Å². The summed E-state index contributed by atoms with van der Waals surface area (Å²) in [4.78, 5) is 41.5. The van der Waals surface area contributed by atoms with Gasteiger partial charge in [0.15, 0.2) is 0 Å². The van der Waals surface area contributed by atoms with Gasteiger partial charge in [0.2, 0.25) is 5.56 Å². The number of carbonyl (C=O) groups is 2. The number of aliphatic hydroxyl groups is 1. The molecule has 6 rings (SSSR count). The summed E-state index contributed by atoms with van der Waals surface area (Å²) >= 11 is 6.58. The zero-order chi connectivity index (χ0) is 39.8. The third-order valence-corrected chi connectivity index (χ3v) is 10.5. The van der Waals surface area contributed by atoms with E-state index in [1.165, 1.54) is 24.1 Å². The van der Waals surface area contributed by atoms with Crippen LogP contribution in [-0.4, -0.2) is 64.7 Å². The second-order valence-electron chi connectivity index (χ2n) is 14.0. The van der Waals surface area contributed by atoms with Crippen LogP contribution >= 0.6 is 11.6 Å². The number of nitrogens with zero attached hydrogens (tertiary/aromatic N) is 1. The van der Waals surface area contributed by atoms with Crippen molar-refractivity contribution in [3.05, 3.63) is 117 Å². The van der Waals surface area contributed by atoms with Gasteiger partial charge in [-0.15, -0.1) is 0 Å². The average molecular weight is 783 g/mol. The van der Waals surface area contributed by atoms with E-state index in [-0.39, 0.29) is 42.0 Å². The van der Waals surface area contributed by atoms with Crippen molar-refractivity contribution in [2.75, 3.05) is 30.4 Å². The van der Waals surface area contributed by atoms with E-state index < -0.39 is 18.2 Å². The molecule has 1 atom stereocenters. The summed E-state index contributed by atoms with van der Waals surface area (Å²) in [5.74, 6) is 0.384. The normalized spacial score (nSPS) is 15.9. The number of aliphatic hydroxyl groups excluding tert-OH is 1. The molecule has 5 aromatic rings. The number of urea groups is 1. The molecule has 0 unspecified atom stereocenters. The number of carbonyl (C=O) groups excluding carboxylic acids is 1. The minimum atomic E-state index is -0.989. The molecule has 1 aliphatic carbocycles. The largest absolute Gasteiger partial charge is 0.506 e. The van der Waals surface area contributed by atoms with Crippen LogP contribution in [0.25, 0.3) is 22.0 Å². The molecule has 13 nitrogen and oxygen atoms in total. The average Bonchev–Trinajstić information content (AvgIpc) is 3.19. The Balaban J connectivity index is 1.04. The van der Waals surface area contributed by atoms with Crippen molar-refractivity contribution in [1.82, 2.24) is 15.6 Å². The molecule has 14 heteroatoms. The zero-order valence-corrected chi connectivity index (χ0v) is 31.8. The van der Waals surface area contributed by atoms with Crippen LogP contribution in [0.4, 0.5) is 21.0 Å². The van der Waals surface area contributed by atoms with E-state index >= 15 is 0 Å². The number of aromatic nitrogens is 1. The number of phenolic OH excluding ortho intramolecular Hbond substituents is 1. The van der Waals surface area contributed by atoms with Gasteiger partial charge in [0, 0.05) is 60.4 Å². The number of aryl methyl sites for hydroxylation is 1. The summed E-state index contributed by atoms with van der Waals surface area (Å²) in [6, 6.07) is 24.4. The van der Waals surface area contributed by atoms with E-state index in [0.29, 0.717) is 70.9 Å². The number of hydrogen-bond donors (Lipinski definition) is 8. The predicted octanol–water partition coefficient (Wildman–Crippen LogP) is 6.89. The number of benzene rings is 4. The number of ether oxygens (including phenoxy) is 1. The van der Waals surface area contributed by atoms with Gasteiger partial charge in [-0.05, 0) is 79.5 Å². The second-order valence-corrected chi connectivity index (χ2v) is 14.4. The van der Waals surface area contributed by atoms with Gasteiger partial charge in [0.25, 0.3) is 0 Å². The minimum absolute atomic E-state index is 0.0886. The second kappa shape index (κ2) is 18.4.